The fraction of sp³-hybridized carbons (Fsp3) is 0.0667. The highest BCUT2D eigenvalue weighted by Gasteiger charge is 2.37. The third-order valence-electron chi connectivity index (χ3n) is 9.43. The van der Waals surface area contributed by atoms with E-state index in [1.165, 1.54) is 77.9 Å². The first-order valence-corrected chi connectivity index (χ1v) is 15.8. The van der Waals surface area contributed by atoms with Crippen LogP contribution in [0.4, 0.5) is 0 Å². The van der Waals surface area contributed by atoms with E-state index in [-0.39, 0.29) is 5.41 Å². The summed E-state index contributed by atoms with van der Waals surface area (Å²) in [6.45, 7) is 4.73. The van der Waals surface area contributed by atoms with Crippen LogP contribution in [0.1, 0.15) is 25.0 Å². The molecule has 1 aliphatic rings. The Kier molecular flexibility index (Phi) is 6.58. The normalized spacial score (nSPS) is 12.8. The Hall–Kier alpha value is -5.46. The van der Waals surface area contributed by atoms with Crippen LogP contribution in [0.15, 0.2) is 170 Å². The molecule has 0 amide bonds. The van der Waals surface area contributed by atoms with Gasteiger partial charge in [-0.3, -0.25) is 0 Å². The van der Waals surface area contributed by atoms with Gasteiger partial charge in [0.15, 0.2) is 0 Å². The van der Waals surface area contributed by atoms with Crippen LogP contribution >= 0.6 is 0 Å². The van der Waals surface area contributed by atoms with Crippen LogP contribution in [0, 0.1) is 0 Å². The van der Waals surface area contributed by atoms with Gasteiger partial charge in [0, 0.05) is 5.41 Å². The molecule has 0 radical (unpaired) electrons. The van der Waals surface area contributed by atoms with Crippen LogP contribution in [-0.4, -0.2) is 0 Å². The van der Waals surface area contributed by atoms with Crippen LogP contribution in [0.5, 0.6) is 0 Å². The van der Waals surface area contributed by atoms with E-state index in [9.17, 15) is 0 Å². The maximum Gasteiger partial charge on any atom is 0.0165 e. The molecule has 0 unspecified atom stereocenters. The average Bonchev–Trinajstić information content (AvgIpc) is 3.35. The second kappa shape index (κ2) is 10.9. The van der Waals surface area contributed by atoms with E-state index in [0.717, 1.165) is 0 Å². The lowest BCUT2D eigenvalue weighted by Crippen LogP contribution is -2.16. The predicted octanol–water partition coefficient (Wildman–Crippen LogP) is 12.3. The van der Waals surface area contributed by atoms with E-state index in [1.807, 2.05) is 0 Å². The minimum atomic E-state index is -0.0569. The lowest BCUT2D eigenvalue weighted by atomic mass is 9.78. The summed E-state index contributed by atoms with van der Waals surface area (Å²) in [5.74, 6) is 0. The molecule has 45 heavy (non-hydrogen) atoms. The van der Waals surface area contributed by atoms with Crippen molar-refractivity contribution in [3.05, 3.63) is 181 Å². The molecule has 0 saturated heterocycles. The maximum absolute atomic E-state index is 2.36. The number of rotatable bonds is 5. The summed E-state index contributed by atoms with van der Waals surface area (Å²) in [7, 11) is 0. The molecule has 0 spiro atoms. The Bertz CT molecular complexity index is 2110. The number of benzene rings is 7. The second-order valence-corrected chi connectivity index (χ2v) is 12.6. The molecular weight excluding hydrogens is 540 g/mol. The van der Waals surface area contributed by atoms with Crippen molar-refractivity contribution in [3.63, 3.8) is 0 Å². The van der Waals surface area contributed by atoms with E-state index < -0.39 is 0 Å². The Labute approximate surface area is 266 Å². The highest BCUT2D eigenvalue weighted by atomic mass is 14.4. The van der Waals surface area contributed by atoms with Crippen molar-refractivity contribution in [1.29, 1.82) is 0 Å². The lowest BCUT2D eigenvalue weighted by Gasteiger charge is -2.24. The molecule has 0 saturated carbocycles. The summed E-state index contributed by atoms with van der Waals surface area (Å²) in [5.41, 5.74) is 17.8. The van der Waals surface area contributed by atoms with Gasteiger partial charge in [0.25, 0.3) is 0 Å². The molecular formula is C45H34. The molecule has 0 heteroatoms. The highest BCUT2D eigenvalue weighted by molar-refractivity contribution is 5.89. The van der Waals surface area contributed by atoms with Crippen LogP contribution in [0.25, 0.3) is 66.8 Å². The molecule has 0 aliphatic heterocycles. The first kappa shape index (κ1) is 27.1. The Morgan fingerprint density at radius 3 is 1.29 bits per heavy atom. The van der Waals surface area contributed by atoms with E-state index >= 15 is 0 Å². The Morgan fingerprint density at radius 2 is 0.667 bits per heavy atom. The van der Waals surface area contributed by atoms with Crippen LogP contribution in [0.2, 0.25) is 0 Å². The largest absolute Gasteiger partial charge is 0.0622 e. The molecule has 1 aliphatic carbocycles. The summed E-state index contributed by atoms with van der Waals surface area (Å²) in [6, 6.07) is 62.0. The molecule has 0 aromatic heterocycles. The van der Waals surface area contributed by atoms with E-state index in [2.05, 4.69) is 184 Å². The molecule has 0 N–H and O–H groups in total. The fourth-order valence-electron chi connectivity index (χ4n) is 7.22. The molecule has 0 nitrogen and oxygen atoms in total. The van der Waals surface area contributed by atoms with Gasteiger partial charge >= 0.3 is 0 Å². The summed E-state index contributed by atoms with van der Waals surface area (Å²) >= 11 is 0. The van der Waals surface area contributed by atoms with Gasteiger partial charge in [-0.2, -0.15) is 0 Å². The van der Waals surface area contributed by atoms with Crippen molar-refractivity contribution in [3.8, 4) is 66.8 Å². The van der Waals surface area contributed by atoms with Gasteiger partial charge in [-0.15, -0.1) is 0 Å². The standard InChI is InChI=1S/C45H34/c1-45(2)43-25-10-9-22-41(43)42-24-13-23-40(44(42)45)36-21-12-19-34(27-36)33-18-11-20-35(26-33)39-29-37(31-14-5-3-6-15-31)28-38(30-39)32-16-7-4-8-17-32/h3-30H,1-2H3. The highest BCUT2D eigenvalue weighted by Crippen LogP contribution is 2.52. The summed E-state index contributed by atoms with van der Waals surface area (Å²) < 4.78 is 0. The molecule has 0 heterocycles. The van der Waals surface area contributed by atoms with Crippen molar-refractivity contribution < 1.29 is 0 Å². The van der Waals surface area contributed by atoms with Crippen LogP contribution in [0.3, 0.4) is 0 Å². The minimum absolute atomic E-state index is 0.0569. The third kappa shape index (κ3) is 4.80. The van der Waals surface area contributed by atoms with Crippen LogP contribution in [-0.2, 0) is 5.41 Å². The molecule has 0 fully saturated rings. The number of hydrogen-bond acceptors (Lipinski definition) is 0. The van der Waals surface area contributed by atoms with Crippen molar-refractivity contribution in [2.45, 2.75) is 19.3 Å². The number of hydrogen-bond donors (Lipinski definition) is 0. The van der Waals surface area contributed by atoms with Gasteiger partial charge in [0.2, 0.25) is 0 Å². The van der Waals surface area contributed by atoms with Crippen LogP contribution < -0.4 is 0 Å². The third-order valence-corrected chi connectivity index (χ3v) is 9.43. The molecule has 7 aromatic carbocycles. The Morgan fingerprint density at radius 1 is 0.289 bits per heavy atom. The summed E-state index contributed by atoms with van der Waals surface area (Å²) in [6.07, 6.45) is 0. The van der Waals surface area contributed by atoms with Crippen molar-refractivity contribution in [1.82, 2.24) is 0 Å². The number of fused-ring (bicyclic) bond motifs is 3. The summed E-state index contributed by atoms with van der Waals surface area (Å²) in [4.78, 5) is 0. The van der Waals surface area contributed by atoms with E-state index in [1.54, 1.807) is 0 Å². The molecule has 8 rings (SSSR count). The zero-order valence-electron chi connectivity index (χ0n) is 25.7. The SMILES string of the molecule is CC1(C)c2ccccc2-c2cccc(-c3cccc(-c4cccc(-c5cc(-c6ccccc6)cc(-c6ccccc6)c5)c4)c3)c21. The fourth-order valence-corrected chi connectivity index (χ4v) is 7.22. The zero-order chi connectivity index (χ0) is 30.4. The van der Waals surface area contributed by atoms with Gasteiger partial charge < -0.3 is 0 Å². The van der Waals surface area contributed by atoms with E-state index in [4.69, 9.17) is 0 Å². The van der Waals surface area contributed by atoms with Crippen molar-refractivity contribution in [2.24, 2.45) is 0 Å². The Balaban J connectivity index is 1.22. The quantitative estimate of drug-likeness (QED) is 0.192. The van der Waals surface area contributed by atoms with Gasteiger partial charge in [-0.05, 0) is 108 Å². The average molecular weight is 575 g/mol. The molecule has 214 valence electrons. The lowest BCUT2D eigenvalue weighted by molar-refractivity contribution is 0.662. The van der Waals surface area contributed by atoms with Crippen molar-refractivity contribution >= 4 is 0 Å². The topological polar surface area (TPSA) is 0 Å². The smallest absolute Gasteiger partial charge is 0.0165 e. The zero-order valence-corrected chi connectivity index (χ0v) is 25.7. The van der Waals surface area contributed by atoms with Gasteiger partial charge in [-0.1, -0.05) is 153 Å². The monoisotopic (exact) mass is 574 g/mol. The first-order valence-electron chi connectivity index (χ1n) is 15.8. The molecule has 0 atom stereocenters. The maximum atomic E-state index is 2.36. The van der Waals surface area contributed by atoms with Gasteiger partial charge in [-0.25, -0.2) is 0 Å². The van der Waals surface area contributed by atoms with Gasteiger partial charge in [0.1, 0.15) is 0 Å². The van der Waals surface area contributed by atoms with Gasteiger partial charge in [0.05, 0.1) is 0 Å². The van der Waals surface area contributed by atoms with Crippen molar-refractivity contribution in [2.75, 3.05) is 0 Å². The first-order chi connectivity index (χ1) is 22.1. The molecule has 7 aromatic rings. The summed E-state index contributed by atoms with van der Waals surface area (Å²) in [5, 5.41) is 0. The minimum Gasteiger partial charge on any atom is -0.0622 e. The van der Waals surface area contributed by atoms with E-state index in [0.29, 0.717) is 0 Å². The second-order valence-electron chi connectivity index (χ2n) is 12.6. The predicted molar refractivity (Wildman–Crippen MR) is 191 cm³/mol. The molecule has 0 bridgehead atoms.